The van der Waals surface area contributed by atoms with E-state index in [2.05, 4.69) is 67.9 Å². The second-order valence-corrected chi connectivity index (χ2v) is 14.8. The maximum atomic E-state index is 2.70. The van der Waals surface area contributed by atoms with Gasteiger partial charge in [0.1, 0.15) is 0 Å². The van der Waals surface area contributed by atoms with Crippen LogP contribution in [0.1, 0.15) is 0 Å². The standard InChI is InChI=1S/C15H26GeN4/c1-17-9-12-20-13-10-18(2)16(17,19(3)11-14-20)15-7-5-4-6-8-15/h4-8H,9-14H2,1-3H3. The molecule has 4 nitrogen and oxygen atoms in total. The van der Waals surface area contributed by atoms with Gasteiger partial charge >= 0.3 is 126 Å². The first-order valence-electron chi connectivity index (χ1n) is 7.57. The van der Waals surface area contributed by atoms with E-state index in [-0.39, 0.29) is 0 Å². The summed E-state index contributed by atoms with van der Waals surface area (Å²) in [4.78, 5) is 2.61. The molecule has 0 amide bonds. The molecule has 5 heteroatoms. The van der Waals surface area contributed by atoms with Crippen LogP contribution >= 0.6 is 0 Å². The molecule has 3 saturated heterocycles. The van der Waals surface area contributed by atoms with Crippen molar-refractivity contribution in [2.75, 3.05) is 60.4 Å². The third kappa shape index (κ3) is 2.23. The second-order valence-electron chi connectivity index (χ2n) is 6.11. The van der Waals surface area contributed by atoms with Crippen molar-refractivity contribution in [2.45, 2.75) is 0 Å². The Kier molecular flexibility index (Phi) is 4.19. The van der Waals surface area contributed by atoms with Crippen LogP contribution in [0.3, 0.4) is 0 Å². The molecule has 110 valence electrons. The van der Waals surface area contributed by atoms with Gasteiger partial charge in [0.15, 0.2) is 0 Å². The first kappa shape index (κ1) is 14.5. The van der Waals surface area contributed by atoms with Crippen molar-refractivity contribution in [2.24, 2.45) is 0 Å². The van der Waals surface area contributed by atoms with Crippen LogP contribution in [0.4, 0.5) is 0 Å². The molecule has 3 aliphatic heterocycles. The minimum atomic E-state index is -2.58. The van der Waals surface area contributed by atoms with Crippen LogP contribution in [0.25, 0.3) is 0 Å². The fourth-order valence-electron chi connectivity index (χ4n) is 3.87. The normalized spacial score (nSPS) is 33.6. The quantitative estimate of drug-likeness (QED) is 0.668. The molecule has 2 bridgehead atoms. The van der Waals surface area contributed by atoms with E-state index in [1.54, 1.807) is 4.40 Å². The Bertz CT molecular complexity index is 416. The summed E-state index contributed by atoms with van der Waals surface area (Å²) in [7, 11) is 7.03. The first-order valence-corrected chi connectivity index (χ1v) is 11.4. The summed E-state index contributed by atoms with van der Waals surface area (Å²) in [6.07, 6.45) is 0. The average molecular weight is 335 g/mol. The monoisotopic (exact) mass is 336 g/mol. The predicted molar refractivity (Wildman–Crippen MR) is 86.2 cm³/mol. The summed E-state index contributed by atoms with van der Waals surface area (Å²) in [5.74, 6) is 0. The Morgan fingerprint density at radius 3 is 1.60 bits per heavy atom. The summed E-state index contributed by atoms with van der Waals surface area (Å²) in [6.45, 7) is 7.21. The predicted octanol–water partition coefficient (Wildman–Crippen LogP) is -0.0429. The van der Waals surface area contributed by atoms with Crippen LogP contribution < -0.4 is 4.40 Å². The zero-order valence-electron chi connectivity index (χ0n) is 12.9. The molecule has 4 rings (SSSR count). The molecule has 0 aromatic heterocycles. The van der Waals surface area contributed by atoms with Crippen molar-refractivity contribution in [1.29, 1.82) is 0 Å². The third-order valence-electron chi connectivity index (χ3n) is 5.01. The zero-order chi connectivity index (χ0) is 14.2. The molecule has 3 heterocycles. The van der Waals surface area contributed by atoms with E-state index >= 15 is 0 Å². The van der Waals surface area contributed by atoms with Gasteiger partial charge in [-0.25, -0.2) is 0 Å². The molecular weight excluding hydrogens is 309 g/mol. The van der Waals surface area contributed by atoms with Crippen molar-refractivity contribution >= 4 is 18.3 Å². The molecule has 20 heavy (non-hydrogen) atoms. The molecule has 3 aliphatic rings. The Morgan fingerprint density at radius 1 is 0.700 bits per heavy atom. The SMILES string of the molecule is C[N]1CCN2CC[N](C)[Ge]1([c]1ccccc1)[N](C)CC2. The summed E-state index contributed by atoms with van der Waals surface area (Å²) in [5, 5.41) is 0. The van der Waals surface area contributed by atoms with Gasteiger partial charge in [0.2, 0.25) is 0 Å². The number of hydrogen-bond acceptors (Lipinski definition) is 4. The fraction of sp³-hybridized carbons (Fsp3) is 0.600. The van der Waals surface area contributed by atoms with Crippen molar-refractivity contribution in [3.05, 3.63) is 30.3 Å². The van der Waals surface area contributed by atoms with E-state index in [0.717, 1.165) is 0 Å². The van der Waals surface area contributed by atoms with Crippen LogP contribution in [0.15, 0.2) is 30.3 Å². The number of benzene rings is 1. The molecule has 3 fully saturated rings. The van der Waals surface area contributed by atoms with Gasteiger partial charge in [-0.3, -0.25) is 0 Å². The number of rotatable bonds is 1. The number of hydrogen-bond donors (Lipinski definition) is 0. The molecule has 0 spiro atoms. The molecule has 0 unspecified atom stereocenters. The summed E-state index contributed by atoms with van der Waals surface area (Å²) in [6, 6.07) is 11.2. The van der Waals surface area contributed by atoms with E-state index in [9.17, 15) is 0 Å². The molecule has 1 aromatic rings. The first-order chi connectivity index (χ1) is 9.65. The Balaban J connectivity index is 2.12. The van der Waals surface area contributed by atoms with Gasteiger partial charge in [0.25, 0.3) is 0 Å². The minimum absolute atomic E-state index is 1.18. The van der Waals surface area contributed by atoms with Gasteiger partial charge in [-0.1, -0.05) is 0 Å². The summed E-state index contributed by atoms with van der Waals surface area (Å²) in [5.41, 5.74) is 0. The molecule has 0 saturated carbocycles. The van der Waals surface area contributed by atoms with E-state index in [4.69, 9.17) is 0 Å². The molecular formula is C15H26GeN4. The van der Waals surface area contributed by atoms with Gasteiger partial charge in [-0.2, -0.15) is 0 Å². The van der Waals surface area contributed by atoms with Gasteiger partial charge in [0.05, 0.1) is 0 Å². The van der Waals surface area contributed by atoms with Gasteiger partial charge in [-0.15, -0.1) is 0 Å². The Labute approximate surface area is 126 Å². The summed E-state index contributed by atoms with van der Waals surface area (Å²) >= 11 is -2.58. The van der Waals surface area contributed by atoms with Crippen molar-refractivity contribution in [3.8, 4) is 0 Å². The molecule has 0 N–H and O–H groups in total. The Morgan fingerprint density at radius 2 is 1.15 bits per heavy atom. The van der Waals surface area contributed by atoms with Crippen LogP contribution in [-0.2, 0) is 0 Å². The molecule has 0 aliphatic carbocycles. The number of likely N-dealkylation sites (N-methyl/N-ethyl adjacent to an activating group) is 3. The van der Waals surface area contributed by atoms with E-state index in [0.29, 0.717) is 0 Å². The average Bonchev–Trinajstić information content (AvgIpc) is 2.45. The van der Waals surface area contributed by atoms with Gasteiger partial charge in [0, 0.05) is 0 Å². The van der Waals surface area contributed by atoms with E-state index in [1.807, 2.05) is 0 Å². The van der Waals surface area contributed by atoms with Crippen LogP contribution in [-0.4, -0.2) is 90.8 Å². The third-order valence-corrected chi connectivity index (χ3v) is 15.4. The van der Waals surface area contributed by atoms with Crippen molar-refractivity contribution < 1.29 is 0 Å². The van der Waals surface area contributed by atoms with E-state index in [1.165, 1.54) is 39.3 Å². The van der Waals surface area contributed by atoms with Crippen molar-refractivity contribution in [3.63, 3.8) is 0 Å². The van der Waals surface area contributed by atoms with Gasteiger partial charge in [-0.05, 0) is 0 Å². The molecule has 0 radical (unpaired) electrons. The van der Waals surface area contributed by atoms with Crippen LogP contribution in [0.5, 0.6) is 0 Å². The van der Waals surface area contributed by atoms with Gasteiger partial charge < -0.3 is 0 Å². The fourth-order valence-corrected chi connectivity index (χ4v) is 14.3. The maximum absolute atomic E-state index is 2.70. The molecule has 0 atom stereocenters. The number of nitrogens with zero attached hydrogens (tertiary/aromatic N) is 4. The second kappa shape index (κ2) is 5.77. The number of fused-ring (bicyclic) bond motifs is 6. The topological polar surface area (TPSA) is 13.0 Å². The zero-order valence-corrected chi connectivity index (χ0v) is 15.0. The van der Waals surface area contributed by atoms with Crippen molar-refractivity contribution in [1.82, 2.24) is 16.5 Å². The molecule has 1 aromatic carbocycles. The van der Waals surface area contributed by atoms with Crippen LogP contribution in [0.2, 0.25) is 0 Å². The van der Waals surface area contributed by atoms with Crippen LogP contribution in [0, 0.1) is 0 Å². The summed E-state index contributed by atoms with van der Waals surface area (Å²) < 4.78 is 9.65. The Hall–Kier alpha value is -0.397. The van der Waals surface area contributed by atoms with E-state index < -0.39 is 13.9 Å².